The largest absolute Gasteiger partial charge is 0.495 e. The van der Waals surface area contributed by atoms with Crippen LogP contribution in [0.5, 0.6) is 5.75 Å². The van der Waals surface area contributed by atoms with E-state index in [1.807, 2.05) is 18.2 Å². The van der Waals surface area contributed by atoms with Gasteiger partial charge in [0.15, 0.2) is 0 Å². The molecule has 3 nitrogen and oxygen atoms in total. The number of ether oxygens (including phenoxy) is 1. The average molecular weight is 220 g/mol. The lowest BCUT2D eigenvalue weighted by Crippen LogP contribution is -2.05. The van der Waals surface area contributed by atoms with Gasteiger partial charge in [-0.15, -0.1) is 0 Å². The van der Waals surface area contributed by atoms with E-state index in [0.29, 0.717) is 5.69 Å². The fourth-order valence-electron chi connectivity index (χ4n) is 1.90. The Morgan fingerprint density at radius 1 is 1.44 bits per heavy atom. The van der Waals surface area contributed by atoms with E-state index in [-0.39, 0.29) is 0 Å². The molecule has 88 valence electrons. The molecule has 2 rings (SSSR count). The van der Waals surface area contributed by atoms with Crippen molar-refractivity contribution in [2.45, 2.75) is 25.7 Å². The molecular weight excluding hydrogens is 200 g/mol. The van der Waals surface area contributed by atoms with E-state index in [9.17, 15) is 0 Å². The van der Waals surface area contributed by atoms with Crippen LogP contribution in [0, 0.1) is 5.92 Å². The molecule has 1 aromatic rings. The SMILES string of the molecule is COc1cccc(NCCCC2CC2)c1N. The van der Waals surface area contributed by atoms with Crippen LogP contribution in [0.4, 0.5) is 11.4 Å². The Bertz CT molecular complexity index is 348. The summed E-state index contributed by atoms with van der Waals surface area (Å²) in [6.07, 6.45) is 5.43. The summed E-state index contributed by atoms with van der Waals surface area (Å²) in [4.78, 5) is 0. The van der Waals surface area contributed by atoms with Crippen molar-refractivity contribution in [1.82, 2.24) is 0 Å². The fraction of sp³-hybridized carbons (Fsp3) is 0.538. The van der Waals surface area contributed by atoms with E-state index in [1.54, 1.807) is 7.11 Å². The minimum atomic E-state index is 0.705. The Balaban J connectivity index is 1.82. The van der Waals surface area contributed by atoms with E-state index in [1.165, 1.54) is 25.7 Å². The summed E-state index contributed by atoms with van der Waals surface area (Å²) < 4.78 is 5.18. The Morgan fingerprint density at radius 3 is 2.94 bits per heavy atom. The first kappa shape index (κ1) is 11.1. The van der Waals surface area contributed by atoms with Crippen molar-refractivity contribution in [3.8, 4) is 5.75 Å². The summed E-state index contributed by atoms with van der Waals surface area (Å²) in [5, 5.41) is 3.37. The summed E-state index contributed by atoms with van der Waals surface area (Å²) >= 11 is 0. The zero-order chi connectivity index (χ0) is 11.4. The summed E-state index contributed by atoms with van der Waals surface area (Å²) in [6.45, 7) is 0.994. The van der Waals surface area contributed by atoms with Crippen LogP contribution in [0.3, 0.4) is 0 Å². The highest BCUT2D eigenvalue weighted by atomic mass is 16.5. The van der Waals surface area contributed by atoms with E-state index in [0.717, 1.165) is 23.9 Å². The van der Waals surface area contributed by atoms with Gasteiger partial charge in [-0.3, -0.25) is 0 Å². The highest BCUT2D eigenvalue weighted by Crippen LogP contribution is 2.33. The second-order valence-corrected chi connectivity index (χ2v) is 4.43. The van der Waals surface area contributed by atoms with Gasteiger partial charge in [0.1, 0.15) is 5.75 Å². The number of nitrogen functional groups attached to an aromatic ring is 1. The van der Waals surface area contributed by atoms with Crippen LogP contribution in [0.15, 0.2) is 18.2 Å². The van der Waals surface area contributed by atoms with Crippen molar-refractivity contribution in [3.05, 3.63) is 18.2 Å². The molecule has 0 unspecified atom stereocenters. The van der Waals surface area contributed by atoms with Gasteiger partial charge in [-0.2, -0.15) is 0 Å². The first-order valence-corrected chi connectivity index (χ1v) is 5.97. The molecule has 0 amide bonds. The van der Waals surface area contributed by atoms with Crippen LogP contribution >= 0.6 is 0 Å². The van der Waals surface area contributed by atoms with Crippen molar-refractivity contribution >= 4 is 11.4 Å². The van der Waals surface area contributed by atoms with Crippen molar-refractivity contribution in [2.24, 2.45) is 5.92 Å². The molecular formula is C13H20N2O. The molecule has 0 saturated heterocycles. The maximum atomic E-state index is 5.96. The summed E-state index contributed by atoms with van der Waals surface area (Å²) in [6, 6.07) is 5.83. The number of hydrogen-bond donors (Lipinski definition) is 2. The number of hydrogen-bond acceptors (Lipinski definition) is 3. The summed E-state index contributed by atoms with van der Waals surface area (Å²) in [5.41, 5.74) is 7.65. The van der Waals surface area contributed by atoms with E-state index in [4.69, 9.17) is 10.5 Å². The van der Waals surface area contributed by atoms with E-state index < -0.39 is 0 Å². The third-order valence-corrected chi connectivity index (χ3v) is 3.09. The fourth-order valence-corrected chi connectivity index (χ4v) is 1.90. The standard InChI is InChI=1S/C13H20N2O/c1-16-12-6-2-5-11(13(12)14)15-9-3-4-10-7-8-10/h2,5-6,10,15H,3-4,7-9,14H2,1H3. The van der Waals surface area contributed by atoms with Crippen molar-refractivity contribution < 1.29 is 4.74 Å². The van der Waals surface area contributed by atoms with Crippen LogP contribution in [-0.2, 0) is 0 Å². The quantitative estimate of drug-likeness (QED) is 0.572. The van der Waals surface area contributed by atoms with Gasteiger partial charge >= 0.3 is 0 Å². The molecule has 3 heteroatoms. The predicted molar refractivity (Wildman–Crippen MR) is 67.9 cm³/mol. The Hall–Kier alpha value is -1.38. The lowest BCUT2D eigenvalue weighted by molar-refractivity contribution is 0.417. The highest BCUT2D eigenvalue weighted by molar-refractivity contribution is 5.72. The first-order chi connectivity index (χ1) is 7.81. The van der Waals surface area contributed by atoms with Crippen LogP contribution in [0.25, 0.3) is 0 Å². The predicted octanol–water partition coefficient (Wildman–Crippen LogP) is 2.88. The van der Waals surface area contributed by atoms with Crippen LogP contribution in [0.1, 0.15) is 25.7 Å². The number of rotatable bonds is 6. The van der Waals surface area contributed by atoms with Gasteiger partial charge in [0.2, 0.25) is 0 Å². The van der Waals surface area contributed by atoms with Crippen LogP contribution in [0.2, 0.25) is 0 Å². The molecule has 0 radical (unpaired) electrons. The number of nitrogens with one attached hydrogen (secondary N) is 1. The molecule has 1 saturated carbocycles. The Labute approximate surface area is 97.0 Å². The van der Waals surface area contributed by atoms with E-state index in [2.05, 4.69) is 5.32 Å². The smallest absolute Gasteiger partial charge is 0.143 e. The molecule has 0 aromatic heterocycles. The molecule has 0 spiro atoms. The number of para-hydroxylation sites is 1. The molecule has 16 heavy (non-hydrogen) atoms. The molecule has 1 aliphatic carbocycles. The molecule has 1 aromatic carbocycles. The van der Waals surface area contributed by atoms with E-state index >= 15 is 0 Å². The normalized spacial score (nSPS) is 14.8. The van der Waals surface area contributed by atoms with Gasteiger partial charge in [-0.05, 0) is 30.9 Å². The minimum Gasteiger partial charge on any atom is -0.495 e. The van der Waals surface area contributed by atoms with Crippen LogP contribution in [-0.4, -0.2) is 13.7 Å². The van der Waals surface area contributed by atoms with Gasteiger partial charge in [0.05, 0.1) is 18.5 Å². The minimum absolute atomic E-state index is 0.705. The molecule has 1 fully saturated rings. The first-order valence-electron chi connectivity index (χ1n) is 5.97. The third kappa shape index (κ3) is 2.81. The van der Waals surface area contributed by atoms with Crippen molar-refractivity contribution in [2.75, 3.05) is 24.7 Å². The Kier molecular flexibility index (Phi) is 3.54. The lowest BCUT2D eigenvalue weighted by atomic mass is 10.2. The molecule has 0 bridgehead atoms. The molecule has 1 aliphatic rings. The molecule has 0 heterocycles. The molecule has 3 N–H and O–H groups in total. The van der Waals surface area contributed by atoms with Gasteiger partial charge in [-0.25, -0.2) is 0 Å². The summed E-state index contributed by atoms with van der Waals surface area (Å²) in [7, 11) is 1.64. The number of benzene rings is 1. The third-order valence-electron chi connectivity index (χ3n) is 3.09. The zero-order valence-corrected chi connectivity index (χ0v) is 9.83. The van der Waals surface area contributed by atoms with Gasteiger partial charge in [0, 0.05) is 6.54 Å². The molecule has 0 aliphatic heterocycles. The van der Waals surface area contributed by atoms with Gasteiger partial charge in [-0.1, -0.05) is 18.9 Å². The van der Waals surface area contributed by atoms with Gasteiger partial charge < -0.3 is 15.8 Å². The highest BCUT2D eigenvalue weighted by Gasteiger charge is 2.19. The second-order valence-electron chi connectivity index (χ2n) is 4.43. The maximum Gasteiger partial charge on any atom is 0.143 e. The second kappa shape index (κ2) is 5.10. The molecule has 0 atom stereocenters. The average Bonchev–Trinajstić information content (AvgIpc) is 3.10. The topological polar surface area (TPSA) is 47.3 Å². The van der Waals surface area contributed by atoms with Crippen molar-refractivity contribution in [3.63, 3.8) is 0 Å². The number of nitrogens with two attached hydrogens (primary N) is 1. The number of methoxy groups -OCH3 is 1. The number of anilines is 2. The maximum absolute atomic E-state index is 5.96. The summed E-state index contributed by atoms with van der Waals surface area (Å²) in [5.74, 6) is 1.75. The zero-order valence-electron chi connectivity index (χ0n) is 9.83. The Morgan fingerprint density at radius 2 is 2.25 bits per heavy atom. The van der Waals surface area contributed by atoms with Crippen LogP contribution < -0.4 is 15.8 Å². The van der Waals surface area contributed by atoms with Crippen molar-refractivity contribution in [1.29, 1.82) is 0 Å². The monoisotopic (exact) mass is 220 g/mol. The van der Waals surface area contributed by atoms with Gasteiger partial charge in [0.25, 0.3) is 0 Å². The lowest BCUT2D eigenvalue weighted by Gasteiger charge is -2.11.